The topological polar surface area (TPSA) is 23.5 Å². The average Bonchev–Trinajstić information content (AvgIpc) is 2.14. The molecule has 0 saturated carbocycles. The van der Waals surface area contributed by atoms with E-state index in [0.717, 1.165) is 13.0 Å². The lowest BCUT2D eigenvalue weighted by Crippen LogP contribution is -2.40. The minimum absolute atomic E-state index is 0.0229. The van der Waals surface area contributed by atoms with Crippen molar-refractivity contribution in [1.82, 2.24) is 4.90 Å². The van der Waals surface area contributed by atoms with Crippen LogP contribution in [0.15, 0.2) is 0 Å². The lowest BCUT2D eigenvalue weighted by molar-refractivity contribution is 0.0377. The zero-order valence-corrected chi connectivity index (χ0v) is 11.7. The summed E-state index contributed by atoms with van der Waals surface area (Å²) >= 11 is 0. The van der Waals surface area contributed by atoms with E-state index < -0.39 is 0 Å². The molecule has 1 aliphatic heterocycles. The van der Waals surface area contributed by atoms with Gasteiger partial charge in [-0.15, -0.1) is 0 Å². The molecule has 1 rings (SSSR count). The van der Waals surface area contributed by atoms with Crippen LogP contribution in [0.1, 0.15) is 53.9 Å². The molecule has 1 fully saturated rings. The summed E-state index contributed by atoms with van der Waals surface area (Å²) in [6.45, 7) is 14.5. The maximum absolute atomic E-state index is 9.99. The van der Waals surface area contributed by atoms with Gasteiger partial charge in [-0.3, -0.25) is 0 Å². The van der Waals surface area contributed by atoms with Crippen LogP contribution in [-0.4, -0.2) is 35.7 Å². The number of aliphatic hydroxyl groups excluding tert-OH is 1. The van der Waals surface area contributed by atoms with Crippen molar-refractivity contribution in [2.45, 2.75) is 60.0 Å². The van der Waals surface area contributed by atoms with Crippen molar-refractivity contribution in [3.8, 4) is 0 Å². The Morgan fingerprint density at radius 3 is 2.12 bits per heavy atom. The molecule has 1 saturated heterocycles. The first kappa shape index (κ1) is 14.0. The number of aliphatic hydroxyl groups is 1. The first-order valence-corrected chi connectivity index (χ1v) is 6.61. The van der Waals surface area contributed by atoms with E-state index in [1.807, 2.05) is 0 Å². The second kappa shape index (κ2) is 5.05. The highest BCUT2D eigenvalue weighted by Gasteiger charge is 2.27. The Bertz CT molecular complexity index is 207. The van der Waals surface area contributed by atoms with Gasteiger partial charge in [-0.25, -0.2) is 0 Å². The monoisotopic (exact) mass is 227 g/mol. The second-order valence-corrected chi connectivity index (χ2v) is 7.18. The molecule has 2 nitrogen and oxygen atoms in total. The van der Waals surface area contributed by atoms with Crippen molar-refractivity contribution in [2.75, 3.05) is 19.6 Å². The average molecular weight is 227 g/mol. The van der Waals surface area contributed by atoms with E-state index in [9.17, 15) is 5.11 Å². The van der Waals surface area contributed by atoms with Crippen LogP contribution in [0.4, 0.5) is 0 Å². The Hall–Kier alpha value is -0.0800. The maximum atomic E-state index is 9.99. The Kier molecular flexibility index (Phi) is 4.42. The number of likely N-dealkylation sites (tertiary alicyclic amines) is 1. The maximum Gasteiger partial charge on any atom is 0.0600 e. The van der Waals surface area contributed by atoms with E-state index in [1.165, 1.54) is 25.9 Å². The van der Waals surface area contributed by atoms with Crippen LogP contribution >= 0.6 is 0 Å². The predicted molar refractivity (Wildman–Crippen MR) is 69.5 cm³/mol. The standard InChI is InChI=1S/C14H29NO/c1-13(2,3)12(16)6-9-15-10-7-14(4,5)8-11-15/h12,16H,6-11H2,1-5H3. The molecule has 0 bridgehead atoms. The molecule has 0 radical (unpaired) electrons. The SMILES string of the molecule is CC1(C)CCN(CCC(O)C(C)(C)C)CC1. The largest absolute Gasteiger partial charge is 0.393 e. The molecule has 1 unspecified atom stereocenters. The fourth-order valence-corrected chi connectivity index (χ4v) is 2.12. The summed E-state index contributed by atoms with van der Waals surface area (Å²) in [5, 5.41) is 9.99. The summed E-state index contributed by atoms with van der Waals surface area (Å²) < 4.78 is 0. The third-order valence-electron chi connectivity index (χ3n) is 3.93. The van der Waals surface area contributed by atoms with Gasteiger partial charge in [-0.1, -0.05) is 34.6 Å². The highest BCUT2D eigenvalue weighted by atomic mass is 16.3. The molecule has 96 valence electrons. The minimum atomic E-state index is -0.178. The number of hydrogen-bond donors (Lipinski definition) is 1. The zero-order valence-electron chi connectivity index (χ0n) is 11.7. The Labute approximate surface area is 101 Å². The molecule has 0 aromatic carbocycles. The lowest BCUT2D eigenvalue weighted by atomic mass is 9.82. The smallest absolute Gasteiger partial charge is 0.0600 e. The first-order valence-electron chi connectivity index (χ1n) is 6.61. The minimum Gasteiger partial charge on any atom is -0.393 e. The van der Waals surface area contributed by atoms with Gasteiger partial charge in [0.2, 0.25) is 0 Å². The van der Waals surface area contributed by atoms with Gasteiger partial charge in [0.25, 0.3) is 0 Å². The van der Waals surface area contributed by atoms with Crippen LogP contribution in [0.5, 0.6) is 0 Å². The van der Waals surface area contributed by atoms with E-state index in [-0.39, 0.29) is 11.5 Å². The van der Waals surface area contributed by atoms with Gasteiger partial charge in [0.1, 0.15) is 0 Å². The lowest BCUT2D eigenvalue weighted by Gasteiger charge is -2.38. The molecular weight excluding hydrogens is 198 g/mol. The Morgan fingerprint density at radius 2 is 1.69 bits per heavy atom. The highest BCUT2D eigenvalue weighted by Crippen LogP contribution is 2.30. The van der Waals surface area contributed by atoms with Crippen molar-refractivity contribution in [1.29, 1.82) is 0 Å². The summed E-state index contributed by atoms with van der Waals surface area (Å²) in [6.07, 6.45) is 3.31. The summed E-state index contributed by atoms with van der Waals surface area (Å²) in [6, 6.07) is 0. The van der Waals surface area contributed by atoms with Crippen LogP contribution in [0, 0.1) is 10.8 Å². The molecule has 1 atom stereocenters. The van der Waals surface area contributed by atoms with Gasteiger partial charge in [-0.2, -0.15) is 0 Å². The number of rotatable bonds is 3. The van der Waals surface area contributed by atoms with Gasteiger partial charge in [0.15, 0.2) is 0 Å². The molecule has 2 heteroatoms. The van der Waals surface area contributed by atoms with E-state index in [4.69, 9.17) is 0 Å². The molecule has 0 amide bonds. The number of nitrogens with zero attached hydrogens (tertiary/aromatic N) is 1. The molecule has 1 N–H and O–H groups in total. The molecule has 0 spiro atoms. The van der Waals surface area contributed by atoms with Crippen LogP contribution in [0.2, 0.25) is 0 Å². The summed E-state index contributed by atoms with van der Waals surface area (Å²) in [7, 11) is 0. The van der Waals surface area contributed by atoms with E-state index in [2.05, 4.69) is 39.5 Å². The van der Waals surface area contributed by atoms with E-state index >= 15 is 0 Å². The quantitative estimate of drug-likeness (QED) is 0.801. The predicted octanol–water partition coefficient (Wildman–Crippen LogP) is 2.91. The zero-order chi connectivity index (χ0) is 12.4. The Morgan fingerprint density at radius 1 is 1.19 bits per heavy atom. The molecule has 1 aliphatic rings. The molecule has 0 aromatic heterocycles. The van der Waals surface area contributed by atoms with Crippen molar-refractivity contribution in [3.63, 3.8) is 0 Å². The molecular formula is C14H29NO. The normalized spacial score (nSPS) is 24.4. The Balaban J connectivity index is 2.25. The third kappa shape index (κ3) is 4.42. The van der Waals surface area contributed by atoms with E-state index in [0.29, 0.717) is 5.41 Å². The van der Waals surface area contributed by atoms with Crippen molar-refractivity contribution in [2.24, 2.45) is 10.8 Å². The van der Waals surface area contributed by atoms with Gasteiger partial charge in [-0.05, 0) is 43.2 Å². The molecule has 0 aliphatic carbocycles. The van der Waals surface area contributed by atoms with E-state index in [1.54, 1.807) is 0 Å². The van der Waals surface area contributed by atoms with Crippen LogP contribution < -0.4 is 0 Å². The molecule has 16 heavy (non-hydrogen) atoms. The number of hydrogen-bond acceptors (Lipinski definition) is 2. The first-order chi connectivity index (χ1) is 7.21. The van der Waals surface area contributed by atoms with Crippen LogP contribution in [-0.2, 0) is 0 Å². The summed E-state index contributed by atoms with van der Waals surface area (Å²) in [5.74, 6) is 0. The van der Waals surface area contributed by atoms with Crippen molar-refractivity contribution in [3.05, 3.63) is 0 Å². The van der Waals surface area contributed by atoms with Crippen molar-refractivity contribution >= 4 is 0 Å². The fraction of sp³-hybridized carbons (Fsp3) is 1.00. The van der Waals surface area contributed by atoms with Gasteiger partial charge in [0, 0.05) is 6.54 Å². The molecule has 0 aromatic rings. The molecule has 1 heterocycles. The van der Waals surface area contributed by atoms with Crippen molar-refractivity contribution < 1.29 is 5.11 Å². The second-order valence-electron chi connectivity index (χ2n) is 7.18. The highest BCUT2D eigenvalue weighted by molar-refractivity contribution is 4.80. The third-order valence-corrected chi connectivity index (χ3v) is 3.93. The van der Waals surface area contributed by atoms with Crippen LogP contribution in [0.25, 0.3) is 0 Å². The fourth-order valence-electron chi connectivity index (χ4n) is 2.12. The number of piperidine rings is 1. The summed E-state index contributed by atoms with van der Waals surface area (Å²) in [4.78, 5) is 2.50. The van der Waals surface area contributed by atoms with Gasteiger partial charge < -0.3 is 10.0 Å². The van der Waals surface area contributed by atoms with Gasteiger partial charge >= 0.3 is 0 Å². The van der Waals surface area contributed by atoms with Crippen LogP contribution in [0.3, 0.4) is 0 Å². The van der Waals surface area contributed by atoms with Gasteiger partial charge in [0.05, 0.1) is 6.10 Å². The summed E-state index contributed by atoms with van der Waals surface area (Å²) in [5.41, 5.74) is 0.550.